The molecule has 0 radical (unpaired) electrons. The molecule has 1 unspecified atom stereocenters. The second-order valence-corrected chi connectivity index (χ2v) is 5.26. The zero-order valence-corrected chi connectivity index (χ0v) is 12.3. The van der Waals surface area contributed by atoms with Gasteiger partial charge in [0.1, 0.15) is 11.5 Å². The van der Waals surface area contributed by atoms with Crippen LogP contribution in [0.2, 0.25) is 0 Å². The molecule has 0 fully saturated rings. The predicted octanol–water partition coefficient (Wildman–Crippen LogP) is 4.04. The fourth-order valence-electron chi connectivity index (χ4n) is 2.28. The summed E-state index contributed by atoms with van der Waals surface area (Å²) in [5, 5.41) is 9.30. The van der Waals surface area contributed by atoms with Gasteiger partial charge in [0.15, 0.2) is 0 Å². The number of alkyl halides is 1. The Morgan fingerprint density at radius 1 is 1.05 bits per heavy atom. The molecule has 1 atom stereocenters. The first-order chi connectivity index (χ1) is 9.71. The number of phenols is 1. The van der Waals surface area contributed by atoms with Crippen molar-refractivity contribution in [1.82, 2.24) is 0 Å². The van der Waals surface area contributed by atoms with Crippen LogP contribution in [-0.4, -0.2) is 18.1 Å². The number of benzene rings is 2. The normalized spacial score (nSPS) is 12.1. The van der Waals surface area contributed by atoms with Crippen molar-refractivity contribution in [3.05, 3.63) is 59.7 Å². The molecule has 1 N–H and O–H groups in total. The van der Waals surface area contributed by atoms with E-state index < -0.39 is 0 Å². The van der Waals surface area contributed by atoms with Gasteiger partial charge in [-0.25, -0.2) is 0 Å². The molecule has 0 bridgehead atoms. The lowest BCUT2D eigenvalue weighted by Gasteiger charge is -2.14. The van der Waals surface area contributed by atoms with E-state index in [-0.39, 0.29) is 0 Å². The van der Waals surface area contributed by atoms with E-state index in [2.05, 4.69) is 12.1 Å². The van der Waals surface area contributed by atoms with Gasteiger partial charge in [-0.2, -0.15) is 0 Å². The number of hydrogen-bond acceptors (Lipinski definition) is 2. The Labute approximate surface area is 125 Å². The van der Waals surface area contributed by atoms with Crippen LogP contribution < -0.4 is 4.74 Å². The van der Waals surface area contributed by atoms with Crippen LogP contribution in [-0.2, 0) is 12.8 Å². The molecule has 2 aromatic carbocycles. The third-order valence-corrected chi connectivity index (χ3v) is 3.77. The smallest absolute Gasteiger partial charge is 0.119 e. The molecule has 3 heteroatoms. The average molecular weight is 291 g/mol. The van der Waals surface area contributed by atoms with Crippen molar-refractivity contribution >= 4 is 11.6 Å². The Kier molecular flexibility index (Phi) is 5.31. The monoisotopic (exact) mass is 290 g/mol. The molecular formula is C17H19ClO2. The van der Waals surface area contributed by atoms with Crippen molar-refractivity contribution in [3.8, 4) is 11.5 Å². The maximum atomic E-state index is 9.30. The summed E-state index contributed by atoms with van der Waals surface area (Å²) in [7, 11) is 1.68. The molecule has 20 heavy (non-hydrogen) atoms. The highest BCUT2D eigenvalue weighted by molar-refractivity contribution is 6.18. The summed E-state index contributed by atoms with van der Waals surface area (Å²) in [6.45, 7) is 0. The van der Waals surface area contributed by atoms with Gasteiger partial charge < -0.3 is 9.84 Å². The molecule has 0 aromatic heterocycles. The minimum atomic E-state index is 0.295. The van der Waals surface area contributed by atoms with Crippen LogP contribution in [0.25, 0.3) is 0 Å². The topological polar surface area (TPSA) is 29.5 Å². The Bertz CT molecular complexity index is 537. The highest BCUT2D eigenvalue weighted by atomic mass is 35.5. The number of ether oxygens (including phenoxy) is 1. The zero-order chi connectivity index (χ0) is 14.4. The highest BCUT2D eigenvalue weighted by Crippen LogP contribution is 2.20. The third-order valence-electron chi connectivity index (χ3n) is 3.34. The van der Waals surface area contributed by atoms with Gasteiger partial charge in [-0.3, -0.25) is 0 Å². The third kappa shape index (κ3) is 4.17. The Morgan fingerprint density at radius 2 is 1.75 bits per heavy atom. The van der Waals surface area contributed by atoms with Gasteiger partial charge >= 0.3 is 0 Å². The number of hydrogen-bond donors (Lipinski definition) is 1. The van der Waals surface area contributed by atoms with Crippen LogP contribution in [0.1, 0.15) is 11.1 Å². The van der Waals surface area contributed by atoms with Gasteiger partial charge in [-0.05, 0) is 54.2 Å². The van der Waals surface area contributed by atoms with Crippen LogP contribution in [0, 0.1) is 5.92 Å². The molecule has 0 amide bonds. The number of rotatable bonds is 6. The van der Waals surface area contributed by atoms with Crippen LogP contribution in [0.3, 0.4) is 0 Å². The van der Waals surface area contributed by atoms with E-state index in [9.17, 15) is 5.11 Å². The predicted molar refractivity (Wildman–Crippen MR) is 82.7 cm³/mol. The molecule has 0 aliphatic rings. The van der Waals surface area contributed by atoms with Crippen molar-refractivity contribution in [2.75, 3.05) is 13.0 Å². The summed E-state index contributed by atoms with van der Waals surface area (Å²) in [5.74, 6) is 2.15. The SMILES string of the molecule is COc1cccc(CC(CCl)Cc2ccc(O)cc2)c1. The van der Waals surface area contributed by atoms with Gasteiger partial charge in [0.05, 0.1) is 7.11 Å². The molecule has 2 aromatic rings. The van der Waals surface area contributed by atoms with Gasteiger partial charge in [0.2, 0.25) is 0 Å². The van der Waals surface area contributed by atoms with Crippen molar-refractivity contribution in [2.24, 2.45) is 5.92 Å². The second kappa shape index (κ2) is 7.20. The van der Waals surface area contributed by atoms with Gasteiger partial charge in [0, 0.05) is 5.88 Å². The second-order valence-electron chi connectivity index (χ2n) is 4.95. The van der Waals surface area contributed by atoms with Crippen molar-refractivity contribution in [1.29, 1.82) is 0 Å². The molecule has 0 aliphatic heterocycles. The van der Waals surface area contributed by atoms with Gasteiger partial charge in [0.25, 0.3) is 0 Å². The molecule has 0 heterocycles. The van der Waals surface area contributed by atoms with E-state index in [0.717, 1.165) is 18.6 Å². The first-order valence-electron chi connectivity index (χ1n) is 6.68. The molecule has 0 aliphatic carbocycles. The van der Waals surface area contributed by atoms with Gasteiger partial charge in [-0.1, -0.05) is 24.3 Å². The standard InChI is InChI=1S/C17H19ClO2/c1-20-17-4-2-3-14(11-17)10-15(12-18)9-13-5-7-16(19)8-6-13/h2-8,11,15,19H,9-10,12H2,1H3. The Hall–Kier alpha value is -1.67. The fraction of sp³-hybridized carbons (Fsp3) is 0.294. The lowest BCUT2D eigenvalue weighted by Crippen LogP contribution is -2.10. The number of aromatic hydroxyl groups is 1. The summed E-state index contributed by atoms with van der Waals surface area (Å²) >= 11 is 6.09. The maximum Gasteiger partial charge on any atom is 0.119 e. The molecule has 106 valence electrons. The summed E-state index contributed by atoms with van der Waals surface area (Å²) in [5.41, 5.74) is 2.42. The van der Waals surface area contributed by atoms with Crippen molar-refractivity contribution < 1.29 is 9.84 Å². The van der Waals surface area contributed by atoms with E-state index in [1.54, 1.807) is 19.2 Å². The first-order valence-corrected chi connectivity index (χ1v) is 7.21. The molecule has 2 rings (SSSR count). The van der Waals surface area contributed by atoms with E-state index in [1.807, 2.05) is 24.3 Å². The fourth-order valence-corrected chi connectivity index (χ4v) is 2.50. The van der Waals surface area contributed by atoms with Crippen molar-refractivity contribution in [2.45, 2.75) is 12.8 Å². The Morgan fingerprint density at radius 3 is 2.40 bits per heavy atom. The molecule has 0 saturated carbocycles. The summed E-state index contributed by atoms with van der Waals surface area (Å²) in [6, 6.07) is 15.4. The lowest BCUT2D eigenvalue weighted by atomic mass is 9.94. The average Bonchev–Trinajstić information content (AvgIpc) is 2.49. The lowest BCUT2D eigenvalue weighted by molar-refractivity contribution is 0.414. The molecule has 2 nitrogen and oxygen atoms in total. The van der Waals surface area contributed by atoms with Crippen LogP contribution in [0.5, 0.6) is 11.5 Å². The maximum absolute atomic E-state index is 9.30. The van der Waals surface area contributed by atoms with E-state index >= 15 is 0 Å². The first kappa shape index (κ1) is 14.7. The minimum Gasteiger partial charge on any atom is -0.508 e. The van der Waals surface area contributed by atoms with E-state index in [4.69, 9.17) is 16.3 Å². The summed E-state index contributed by atoms with van der Waals surface area (Å²) in [6.07, 6.45) is 1.82. The molecular weight excluding hydrogens is 272 g/mol. The molecule has 0 saturated heterocycles. The largest absolute Gasteiger partial charge is 0.508 e. The van der Waals surface area contributed by atoms with E-state index in [1.165, 1.54) is 11.1 Å². The summed E-state index contributed by atoms with van der Waals surface area (Å²) in [4.78, 5) is 0. The quantitative estimate of drug-likeness (QED) is 0.814. The number of methoxy groups -OCH3 is 1. The molecule has 0 spiro atoms. The van der Waals surface area contributed by atoms with Crippen LogP contribution >= 0.6 is 11.6 Å². The number of halogens is 1. The van der Waals surface area contributed by atoms with Gasteiger partial charge in [-0.15, -0.1) is 11.6 Å². The summed E-state index contributed by atoms with van der Waals surface area (Å²) < 4.78 is 5.24. The van der Waals surface area contributed by atoms with Crippen molar-refractivity contribution in [3.63, 3.8) is 0 Å². The van der Waals surface area contributed by atoms with Crippen LogP contribution in [0.15, 0.2) is 48.5 Å². The Balaban J connectivity index is 2.02. The highest BCUT2D eigenvalue weighted by Gasteiger charge is 2.10. The zero-order valence-electron chi connectivity index (χ0n) is 11.6. The van der Waals surface area contributed by atoms with Crippen LogP contribution in [0.4, 0.5) is 0 Å². The van der Waals surface area contributed by atoms with E-state index in [0.29, 0.717) is 17.5 Å². The number of phenolic OH excluding ortho intramolecular Hbond substituents is 1. The minimum absolute atomic E-state index is 0.295.